The van der Waals surface area contributed by atoms with Crippen molar-refractivity contribution in [2.24, 2.45) is 0 Å². The fraction of sp³-hybridized carbons (Fsp3) is 0.286. The molecule has 0 aliphatic rings. The number of nitrogens with zero attached hydrogens (tertiary/aromatic N) is 3. The van der Waals surface area contributed by atoms with Crippen molar-refractivity contribution in [1.82, 2.24) is 20.4 Å². The molecule has 0 aromatic carbocycles. The van der Waals surface area contributed by atoms with Crippen LogP contribution in [0.2, 0.25) is 0 Å². The van der Waals surface area contributed by atoms with Crippen molar-refractivity contribution in [3.05, 3.63) is 23.5 Å². The van der Waals surface area contributed by atoms with E-state index >= 15 is 0 Å². The summed E-state index contributed by atoms with van der Waals surface area (Å²) in [6.07, 6.45) is 3.65. The summed E-state index contributed by atoms with van der Waals surface area (Å²) in [5, 5.41) is 18.3. The van der Waals surface area contributed by atoms with Crippen LogP contribution in [0.1, 0.15) is 18.5 Å². The molecule has 0 fully saturated rings. The number of rotatable bonds is 3. The van der Waals surface area contributed by atoms with Crippen molar-refractivity contribution in [2.45, 2.75) is 13.0 Å². The number of nitrogens with one attached hydrogen (secondary N) is 2. The molecule has 1 unspecified atom stereocenters. The van der Waals surface area contributed by atoms with E-state index in [2.05, 4.69) is 25.7 Å². The summed E-state index contributed by atoms with van der Waals surface area (Å²) in [4.78, 5) is 0. The summed E-state index contributed by atoms with van der Waals surface area (Å²) in [6.45, 7) is 2.05. The molecular formula is C7H9N5S. The Morgan fingerprint density at radius 2 is 2.54 bits per heavy atom. The molecule has 2 rings (SSSR count). The van der Waals surface area contributed by atoms with Gasteiger partial charge in [-0.2, -0.15) is 5.10 Å². The van der Waals surface area contributed by atoms with Gasteiger partial charge in [-0.25, -0.2) is 0 Å². The molecule has 0 radical (unpaired) electrons. The van der Waals surface area contributed by atoms with Gasteiger partial charge in [-0.15, -0.1) is 10.2 Å². The Morgan fingerprint density at radius 1 is 1.62 bits per heavy atom. The fourth-order valence-electron chi connectivity index (χ4n) is 1.00. The Labute approximate surface area is 79.2 Å². The Kier molecular flexibility index (Phi) is 2.22. The molecule has 0 bridgehead atoms. The highest BCUT2D eigenvalue weighted by atomic mass is 32.1. The Morgan fingerprint density at radius 3 is 3.15 bits per heavy atom. The van der Waals surface area contributed by atoms with Gasteiger partial charge in [-0.3, -0.25) is 5.10 Å². The van der Waals surface area contributed by atoms with Gasteiger partial charge < -0.3 is 5.32 Å². The van der Waals surface area contributed by atoms with E-state index < -0.39 is 0 Å². The summed E-state index contributed by atoms with van der Waals surface area (Å²) in [7, 11) is 0. The van der Waals surface area contributed by atoms with Crippen LogP contribution in [0.3, 0.4) is 0 Å². The third-order valence-electron chi connectivity index (χ3n) is 1.72. The number of aromatic amines is 1. The zero-order valence-corrected chi connectivity index (χ0v) is 7.88. The van der Waals surface area contributed by atoms with Crippen molar-refractivity contribution in [3.63, 3.8) is 0 Å². The molecule has 2 heterocycles. The number of anilines is 1. The first-order valence-electron chi connectivity index (χ1n) is 3.87. The largest absolute Gasteiger partial charge is 0.353 e. The molecule has 0 aliphatic heterocycles. The average molecular weight is 195 g/mol. The third kappa shape index (κ3) is 1.83. The molecule has 68 valence electrons. The Balaban J connectivity index is 2.04. The zero-order valence-electron chi connectivity index (χ0n) is 7.06. The second-order valence-corrected chi connectivity index (χ2v) is 3.47. The second kappa shape index (κ2) is 3.53. The Bertz CT molecular complexity index is 341. The Hall–Kier alpha value is -1.43. The molecule has 0 saturated heterocycles. The lowest BCUT2D eigenvalue weighted by Crippen LogP contribution is -2.05. The minimum absolute atomic E-state index is 0.201. The number of hydrogen-bond donors (Lipinski definition) is 2. The lowest BCUT2D eigenvalue weighted by molar-refractivity contribution is 0.875. The van der Waals surface area contributed by atoms with Crippen LogP contribution >= 0.6 is 11.3 Å². The van der Waals surface area contributed by atoms with Gasteiger partial charge in [0.1, 0.15) is 5.51 Å². The van der Waals surface area contributed by atoms with Gasteiger partial charge in [0.05, 0.1) is 12.2 Å². The average Bonchev–Trinajstić information content (AvgIpc) is 2.74. The van der Waals surface area contributed by atoms with E-state index in [4.69, 9.17) is 0 Å². The van der Waals surface area contributed by atoms with Crippen LogP contribution in [-0.4, -0.2) is 20.4 Å². The molecule has 0 saturated carbocycles. The summed E-state index contributed by atoms with van der Waals surface area (Å²) >= 11 is 1.48. The standard InChI is InChI=1S/C7H9N5S/c1-5(6-2-8-9-3-6)11-7-12-10-4-13-7/h2-5H,1H3,(H,8,9)(H,11,12). The molecule has 2 N–H and O–H groups in total. The minimum atomic E-state index is 0.201. The van der Waals surface area contributed by atoms with Crippen molar-refractivity contribution in [2.75, 3.05) is 5.32 Å². The highest BCUT2D eigenvalue weighted by Gasteiger charge is 2.07. The molecular weight excluding hydrogens is 186 g/mol. The van der Waals surface area contributed by atoms with E-state index in [0.717, 1.165) is 10.7 Å². The molecule has 6 heteroatoms. The van der Waals surface area contributed by atoms with E-state index in [1.165, 1.54) is 11.3 Å². The molecule has 0 aliphatic carbocycles. The van der Waals surface area contributed by atoms with E-state index in [-0.39, 0.29) is 6.04 Å². The molecule has 13 heavy (non-hydrogen) atoms. The quantitative estimate of drug-likeness (QED) is 0.777. The normalized spacial score (nSPS) is 12.7. The molecule has 1 atom stereocenters. The maximum absolute atomic E-state index is 3.89. The highest BCUT2D eigenvalue weighted by Crippen LogP contribution is 2.18. The first kappa shape index (κ1) is 8.18. The lowest BCUT2D eigenvalue weighted by Gasteiger charge is -2.08. The first-order chi connectivity index (χ1) is 6.36. The van der Waals surface area contributed by atoms with Gasteiger partial charge in [-0.1, -0.05) is 11.3 Å². The van der Waals surface area contributed by atoms with E-state index in [9.17, 15) is 0 Å². The fourth-order valence-corrected chi connectivity index (χ4v) is 1.54. The monoisotopic (exact) mass is 195 g/mol. The van der Waals surface area contributed by atoms with Crippen LogP contribution in [-0.2, 0) is 0 Å². The predicted octanol–water partition coefficient (Wildman–Crippen LogP) is 1.43. The maximum atomic E-state index is 3.89. The molecule has 2 aromatic heterocycles. The zero-order chi connectivity index (χ0) is 9.10. The van der Waals surface area contributed by atoms with Crippen molar-refractivity contribution in [1.29, 1.82) is 0 Å². The summed E-state index contributed by atoms with van der Waals surface area (Å²) in [5.41, 5.74) is 2.81. The molecule has 2 aromatic rings. The smallest absolute Gasteiger partial charge is 0.205 e. The van der Waals surface area contributed by atoms with Crippen LogP contribution in [0.15, 0.2) is 17.9 Å². The van der Waals surface area contributed by atoms with Gasteiger partial charge in [-0.05, 0) is 6.92 Å². The topological polar surface area (TPSA) is 66.5 Å². The van der Waals surface area contributed by atoms with Gasteiger partial charge >= 0.3 is 0 Å². The molecule has 0 spiro atoms. The van der Waals surface area contributed by atoms with Crippen molar-refractivity contribution in [3.8, 4) is 0 Å². The van der Waals surface area contributed by atoms with Gasteiger partial charge in [0.25, 0.3) is 0 Å². The summed E-state index contributed by atoms with van der Waals surface area (Å²) in [6, 6.07) is 0.201. The van der Waals surface area contributed by atoms with Crippen LogP contribution < -0.4 is 5.32 Å². The van der Waals surface area contributed by atoms with E-state index in [1.807, 2.05) is 13.1 Å². The lowest BCUT2D eigenvalue weighted by atomic mass is 10.2. The number of aromatic nitrogens is 4. The van der Waals surface area contributed by atoms with Crippen LogP contribution in [0.25, 0.3) is 0 Å². The third-order valence-corrected chi connectivity index (χ3v) is 2.34. The van der Waals surface area contributed by atoms with Crippen molar-refractivity contribution >= 4 is 16.5 Å². The molecule has 0 amide bonds. The van der Waals surface area contributed by atoms with Gasteiger partial charge in [0, 0.05) is 11.8 Å². The van der Waals surface area contributed by atoms with Crippen LogP contribution in [0, 0.1) is 0 Å². The van der Waals surface area contributed by atoms with E-state index in [0.29, 0.717) is 0 Å². The van der Waals surface area contributed by atoms with Gasteiger partial charge in [0.2, 0.25) is 5.13 Å². The molecule has 5 nitrogen and oxygen atoms in total. The predicted molar refractivity (Wildman–Crippen MR) is 50.5 cm³/mol. The summed E-state index contributed by atoms with van der Waals surface area (Å²) in [5.74, 6) is 0. The number of hydrogen-bond acceptors (Lipinski definition) is 5. The van der Waals surface area contributed by atoms with Crippen LogP contribution in [0.4, 0.5) is 5.13 Å². The second-order valence-electron chi connectivity index (χ2n) is 2.64. The van der Waals surface area contributed by atoms with Crippen LogP contribution in [0.5, 0.6) is 0 Å². The SMILES string of the molecule is CC(Nc1nncs1)c1cn[nH]c1. The summed E-state index contributed by atoms with van der Waals surface area (Å²) < 4.78 is 0. The highest BCUT2D eigenvalue weighted by molar-refractivity contribution is 7.13. The van der Waals surface area contributed by atoms with Crippen molar-refractivity contribution < 1.29 is 0 Å². The van der Waals surface area contributed by atoms with Gasteiger partial charge in [0.15, 0.2) is 0 Å². The van der Waals surface area contributed by atoms with E-state index in [1.54, 1.807) is 11.7 Å². The maximum Gasteiger partial charge on any atom is 0.205 e. The number of H-pyrrole nitrogens is 1. The first-order valence-corrected chi connectivity index (χ1v) is 4.75. The minimum Gasteiger partial charge on any atom is -0.353 e.